The molecular weight excluding hydrogens is 398 g/mol. The van der Waals surface area contributed by atoms with Crippen molar-refractivity contribution < 1.29 is 14.3 Å². The predicted molar refractivity (Wildman–Crippen MR) is 110 cm³/mol. The maximum atomic E-state index is 13.2. The average Bonchev–Trinajstić information content (AvgIpc) is 3.41. The van der Waals surface area contributed by atoms with E-state index in [9.17, 15) is 9.59 Å². The van der Waals surface area contributed by atoms with Crippen LogP contribution < -0.4 is 10.9 Å². The zero-order valence-corrected chi connectivity index (χ0v) is 17.6. The van der Waals surface area contributed by atoms with E-state index in [0.717, 1.165) is 48.9 Å². The van der Waals surface area contributed by atoms with Crippen LogP contribution in [0, 0.1) is 0 Å². The molecule has 2 aromatic heterocycles. The van der Waals surface area contributed by atoms with Gasteiger partial charge in [-0.25, -0.2) is 4.98 Å². The number of thiophene rings is 1. The van der Waals surface area contributed by atoms with E-state index in [4.69, 9.17) is 14.5 Å². The van der Waals surface area contributed by atoms with Gasteiger partial charge in [0.2, 0.25) is 5.91 Å². The van der Waals surface area contributed by atoms with Crippen LogP contribution in [-0.2, 0) is 33.7 Å². The molecule has 0 radical (unpaired) electrons. The first-order chi connectivity index (χ1) is 13.7. The molecule has 1 aliphatic heterocycles. The van der Waals surface area contributed by atoms with Crippen LogP contribution in [0.15, 0.2) is 9.95 Å². The quantitative estimate of drug-likeness (QED) is 0.516. The molecule has 1 aliphatic carbocycles. The summed E-state index contributed by atoms with van der Waals surface area (Å²) in [7, 11) is 1.62. The second-order valence-corrected chi connectivity index (χ2v) is 9.14. The minimum absolute atomic E-state index is 0.0105. The van der Waals surface area contributed by atoms with E-state index in [1.54, 1.807) is 23.0 Å². The van der Waals surface area contributed by atoms with Crippen molar-refractivity contribution in [2.24, 2.45) is 0 Å². The van der Waals surface area contributed by atoms with E-state index in [0.29, 0.717) is 24.9 Å². The summed E-state index contributed by atoms with van der Waals surface area (Å²) < 4.78 is 12.4. The molecule has 1 saturated heterocycles. The Labute approximate surface area is 171 Å². The Morgan fingerprint density at radius 3 is 3.11 bits per heavy atom. The number of carbonyl (C=O) groups excluding carboxylic acids is 1. The molecule has 0 saturated carbocycles. The number of aryl methyl sites for hydroxylation is 2. The lowest BCUT2D eigenvalue weighted by Crippen LogP contribution is -2.33. The highest BCUT2D eigenvalue weighted by atomic mass is 32.2. The summed E-state index contributed by atoms with van der Waals surface area (Å²) >= 11 is 2.93. The monoisotopic (exact) mass is 423 g/mol. The van der Waals surface area contributed by atoms with Crippen LogP contribution in [0.1, 0.15) is 29.7 Å². The molecule has 0 spiro atoms. The molecule has 1 atom stereocenters. The molecular formula is C19H25N3O4S2. The van der Waals surface area contributed by atoms with E-state index in [2.05, 4.69) is 5.32 Å². The number of methoxy groups -OCH3 is 1. The molecule has 0 aromatic carbocycles. The number of thioether (sulfide) groups is 1. The molecule has 9 heteroatoms. The molecule has 1 amide bonds. The number of carbonyl (C=O) groups is 1. The Balaban J connectivity index is 1.51. The van der Waals surface area contributed by atoms with Crippen LogP contribution in [0.3, 0.4) is 0 Å². The third-order valence-electron chi connectivity index (χ3n) is 5.19. The lowest BCUT2D eigenvalue weighted by atomic mass is 10.2. The maximum absolute atomic E-state index is 13.2. The van der Waals surface area contributed by atoms with E-state index in [1.807, 2.05) is 0 Å². The number of ether oxygens (including phenoxy) is 2. The second kappa shape index (κ2) is 8.94. The lowest BCUT2D eigenvalue weighted by Gasteiger charge is -2.13. The Morgan fingerprint density at radius 2 is 2.32 bits per heavy atom. The zero-order chi connectivity index (χ0) is 19.5. The summed E-state index contributed by atoms with van der Waals surface area (Å²) in [5, 5.41) is 4.27. The average molecular weight is 424 g/mol. The molecule has 2 aliphatic rings. The number of fused-ring (bicyclic) bond motifs is 3. The fourth-order valence-corrected chi connectivity index (χ4v) is 5.92. The topological polar surface area (TPSA) is 82.4 Å². The van der Waals surface area contributed by atoms with Gasteiger partial charge in [0.25, 0.3) is 5.56 Å². The van der Waals surface area contributed by atoms with Gasteiger partial charge in [0.05, 0.1) is 30.4 Å². The fraction of sp³-hybridized carbons (Fsp3) is 0.632. The van der Waals surface area contributed by atoms with Gasteiger partial charge in [-0.1, -0.05) is 11.8 Å². The number of nitrogens with zero attached hydrogens (tertiary/aromatic N) is 2. The Kier molecular flexibility index (Phi) is 6.35. The number of aromatic nitrogens is 2. The van der Waals surface area contributed by atoms with Crippen molar-refractivity contribution in [2.75, 3.05) is 32.6 Å². The van der Waals surface area contributed by atoms with Crippen LogP contribution >= 0.6 is 23.1 Å². The number of hydrogen-bond donors (Lipinski definition) is 1. The van der Waals surface area contributed by atoms with Crippen LogP contribution in [0.25, 0.3) is 10.2 Å². The standard InChI is InChI=1S/C19H25N3O4S2/c1-25-9-7-22-18(24)16-13-5-2-6-14(13)28-17(16)21-19(22)27-11-15(23)20-10-12-4-3-8-26-12/h12H,2-11H2,1H3,(H,20,23)/t12-/m0/s1. The van der Waals surface area contributed by atoms with Crippen molar-refractivity contribution in [3.05, 3.63) is 20.8 Å². The largest absolute Gasteiger partial charge is 0.383 e. The van der Waals surface area contributed by atoms with Gasteiger partial charge in [0.15, 0.2) is 5.16 Å². The minimum atomic E-state index is -0.0678. The van der Waals surface area contributed by atoms with Gasteiger partial charge < -0.3 is 14.8 Å². The zero-order valence-electron chi connectivity index (χ0n) is 16.0. The number of rotatable bonds is 8. The smallest absolute Gasteiger partial charge is 0.263 e. The van der Waals surface area contributed by atoms with E-state index in [-0.39, 0.29) is 23.3 Å². The summed E-state index contributed by atoms with van der Waals surface area (Å²) in [6.07, 6.45) is 5.25. The third kappa shape index (κ3) is 4.12. The Hall–Kier alpha value is -1.42. The molecule has 1 fully saturated rings. The first kappa shape index (κ1) is 19.9. The van der Waals surface area contributed by atoms with E-state index >= 15 is 0 Å². The van der Waals surface area contributed by atoms with Gasteiger partial charge >= 0.3 is 0 Å². The summed E-state index contributed by atoms with van der Waals surface area (Å²) in [5.74, 6) is 0.157. The molecule has 0 unspecified atom stereocenters. The summed E-state index contributed by atoms with van der Waals surface area (Å²) in [6, 6.07) is 0. The van der Waals surface area contributed by atoms with E-state index < -0.39 is 0 Å². The molecule has 7 nitrogen and oxygen atoms in total. The number of amides is 1. The highest BCUT2D eigenvalue weighted by Gasteiger charge is 2.23. The van der Waals surface area contributed by atoms with E-state index in [1.165, 1.54) is 22.2 Å². The molecule has 152 valence electrons. The van der Waals surface area contributed by atoms with Crippen molar-refractivity contribution in [1.29, 1.82) is 0 Å². The van der Waals surface area contributed by atoms with Gasteiger partial charge in [-0.15, -0.1) is 11.3 Å². The Morgan fingerprint density at radius 1 is 1.43 bits per heavy atom. The minimum Gasteiger partial charge on any atom is -0.383 e. The first-order valence-corrected chi connectivity index (χ1v) is 11.5. The van der Waals surface area contributed by atoms with Crippen molar-refractivity contribution in [3.8, 4) is 0 Å². The van der Waals surface area contributed by atoms with Crippen molar-refractivity contribution in [3.63, 3.8) is 0 Å². The molecule has 4 rings (SSSR count). The summed E-state index contributed by atoms with van der Waals surface area (Å²) in [6.45, 7) is 2.18. The van der Waals surface area contributed by atoms with Crippen LogP contribution in [-0.4, -0.2) is 54.2 Å². The first-order valence-electron chi connectivity index (χ1n) is 9.72. The third-order valence-corrected chi connectivity index (χ3v) is 7.35. The highest BCUT2D eigenvalue weighted by molar-refractivity contribution is 7.99. The highest BCUT2D eigenvalue weighted by Crippen LogP contribution is 2.35. The number of hydrogen-bond acceptors (Lipinski definition) is 7. The Bertz CT molecular complexity index is 918. The van der Waals surface area contributed by atoms with Gasteiger partial charge in [-0.2, -0.15) is 0 Å². The van der Waals surface area contributed by atoms with Crippen molar-refractivity contribution >= 4 is 39.2 Å². The molecule has 2 aromatic rings. The molecule has 0 bridgehead atoms. The lowest BCUT2D eigenvalue weighted by molar-refractivity contribution is -0.119. The fourth-order valence-electron chi connectivity index (χ4n) is 3.76. The second-order valence-electron chi connectivity index (χ2n) is 7.11. The SMILES string of the molecule is COCCn1c(SCC(=O)NC[C@@H]2CCCO2)nc2sc3c(c2c1=O)CCC3. The van der Waals surface area contributed by atoms with Gasteiger partial charge in [0, 0.05) is 25.1 Å². The number of nitrogens with one attached hydrogen (secondary N) is 1. The van der Waals surface area contributed by atoms with Crippen LogP contribution in [0.2, 0.25) is 0 Å². The van der Waals surface area contributed by atoms with Crippen molar-refractivity contribution in [1.82, 2.24) is 14.9 Å². The van der Waals surface area contributed by atoms with Gasteiger partial charge in [-0.3, -0.25) is 14.2 Å². The van der Waals surface area contributed by atoms with Gasteiger partial charge in [0.1, 0.15) is 4.83 Å². The molecule has 28 heavy (non-hydrogen) atoms. The normalized spacial score (nSPS) is 18.7. The van der Waals surface area contributed by atoms with Crippen molar-refractivity contribution in [2.45, 2.75) is 49.9 Å². The summed E-state index contributed by atoms with van der Waals surface area (Å²) in [4.78, 5) is 32.2. The maximum Gasteiger partial charge on any atom is 0.263 e. The van der Waals surface area contributed by atoms with Crippen LogP contribution in [0.4, 0.5) is 0 Å². The predicted octanol–water partition coefficient (Wildman–Crippen LogP) is 1.98. The van der Waals surface area contributed by atoms with Gasteiger partial charge in [-0.05, 0) is 37.7 Å². The molecule has 3 heterocycles. The molecule has 1 N–H and O–H groups in total. The summed E-state index contributed by atoms with van der Waals surface area (Å²) in [5.41, 5.74) is 1.17. The van der Waals surface area contributed by atoms with Crippen LogP contribution in [0.5, 0.6) is 0 Å².